The van der Waals surface area contributed by atoms with Crippen LogP contribution in [0.25, 0.3) is 0 Å². The molecule has 1 rings (SSSR count). The Bertz CT molecular complexity index is 85.0. The molecule has 0 saturated heterocycles. The van der Waals surface area contributed by atoms with Crippen LogP contribution >= 0.6 is 22.6 Å². The predicted molar refractivity (Wildman–Crippen MR) is 49.1 cm³/mol. The normalized spacial score (nSPS) is 36.7. The third-order valence-electron chi connectivity index (χ3n) is 2.05. The van der Waals surface area contributed by atoms with Crippen LogP contribution in [0, 0.1) is 0 Å². The Labute approximate surface area is 70.7 Å². The summed E-state index contributed by atoms with van der Waals surface area (Å²) >= 11 is 2.56. The van der Waals surface area contributed by atoms with Gasteiger partial charge in [0.2, 0.25) is 0 Å². The van der Waals surface area contributed by atoms with Crippen molar-refractivity contribution in [1.82, 2.24) is 5.32 Å². The lowest BCUT2D eigenvalue weighted by Gasteiger charge is -2.26. The summed E-state index contributed by atoms with van der Waals surface area (Å²) in [5.41, 5.74) is 0. The lowest BCUT2D eigenvalue weighted by molar-refractivity contribution is 0.416. The largest absolute Gasteiger partial charge is 0.316 e. The average molecular weight is 239 g/mol. The monoisotopic (exact) mass is 239 g/mol. The SMILES string of the molecule is CNC1CCCCC1I. The Hall–Kier alpha value is 0.690. The highest BCUT2D eigenvalue weighted by molar-refractivity contribution is 14.1. The molecule has 54 valence electrons. The average Bonchev–Trinajstić information content (AvgIpc) is 1.89. The number of hydrogen-bond donors (Lipinski definition) is 1. The van der Waals surface area contributed by atoms with Gasteiger partial charge in [-0.2, -0.15) is 0 Å². The van der Waals surface area contributed by atoms with Gasteiger partial charge in [0.05, 0.1) is 0 Å². The molecule has 1 N–H and O–H groups in total. The second-order valence-electron chi connectivity index (χ2n) is 2.70. The van der Waals surface area contributed by atoms with Crippen molar-refractivity contribution >= 4 is 22.6 Å². The lowest BCUT2D eigenvalue weighted by atomic mass is 9.96. The Balaban J connectivity index is 2.30. The molecule has 2 atom stereocenters. The van der Waals surface area contributed by atoms with E-state index in [1.807, 2.05) is 0 Å². The summed E-state index contributed by atoms with van der Waals surface area (Å²) < 4.78 is 0.876. The van der Waals surface area contributed by atoms with Gasteiger partial charge in [-0.05, 0) is 19.9 Å². The molecule has 0 aromatic rings. The van der Waals surface area contributed by atoms with Crippen LogP contribution in [0.5, 0.6) is 0 Å². The van der Waals surface area contributed by atoms with E-state index in [0.29, 0.717) is 0 Å². The minimum atomic E-state index is 0.791. The van der Waals surface area contributed by atoms with Crippen LogP contribution in [0.2, 0.25) is 0 Å². The lowest BCUT2D eigenvalue weighted by Crippen LogP contribution is -2.36. The van der Waals surface area contributed by atoms with E-state index in [2.05, 4.69) is 35.0 Å². The fourth-order valence-electron chi connectivity index (χ4n) is 1.41. The van der Waals surface area contributed by atoms with Gasteiger partial charge in [0, 0.05) is 9.97 Å². The van der Waals surface area contributed by atoms with Crippen molar-refractivity contribution in [3.05, 3.63) is 0 Å². The van der Waals surface area contributed by atoms with Gasteiger partial charge in [-0.3, -0.25) is 0 Å². The van der Waals surface area contributed by atoms with Crippen molar-refractivity contribution in [3.63, 3.8) is 0 Å². The standard InChI is InChI=1S/C7H14IN/c1-9-7-5-3-2-4-6(7)8/h6-7,9H,2-5H2,1H3. The first kappa shape index (κ1) is 7.79. The van der Waals surface area contributed by atoms with Gasteiger partial charge in [0.25, 0.3) is 0 Å². The molecule has 0 bridgehead atoms. The molecular formula is C7H14IN. The Morgan fingerprint density at radius 2 is 2.00 bits per heavy atom. The minimum absolute atomic E-state index is 0.791. The molecule has 1 nitrogen and oxygen atoms in total. The zero-order valence-corrected chi connectivity index (χ0v) is 8.02. The fourth-order valence-corrected chi connectivity index (χ4v) is 2.57. The third-order valence-corrected chi connectivity index (χ3v) is 3.54. The Morgan fingerprint density at radius 3 is 2.44 bits per heavy atom. The van der Waals surface area contributed by atoms with Gasteiger partial charge in [-0.25, -0.2) is 0 Å². The van der Waals surface area contributed by atoms with Gasteiger partial charge in [-0.15, -0.1) is 0 Å². The van der Waals surface area contributed by atoms with Crippen LogP contribution in [0.4, 0.5) is 0 Å². The Kier molecular flexibility index (Phi) is 3.26. The Morgan fingerprint density at radius 1 is 1.33 bits per heavy atom. The molecule has 2 heteroatoms. The van der Waals surface area contributed by atoms with E-state index in [1.54, 1.807) is 0 Å². The molecule has 0 aromatic heterocycles. The van der Waals surface area contributed by atoms with Crippen molar-refractivity contribution in [2.24, 2.45) is 0 Å². The zero-order valence-electron chi connectivity index (χ0n) is 5.86. The van der Waals surface area contributed by atoms with E-state index in [9.17, 15) is 0 Å². The van der Waals surface area contributed by atoms with E-state index in [1.165, 1.54) is 25.7 Å². The van der Waals surface area contributed by atoms with Crippen LogP contribution < -0.4 is 5.32 Å². The maximum absolute atomic E-state index is 3.35. The van der Waals surface area contributed by atoms with Crippen LogP contribution in [-0.4, -0.2) is 17.0 Å². The van der Waals surface area contributed by atoms with Crippen LogP contribution in [0.1, 0.15) is 25.7 Å². The highest BCUT2D eigenvalue weighted by Crippen LogP contribution is 2.24. The molecule has 1 fully saturated rings. The van der Waals surface area contributed by atoms with Crippen LogP contribution in [-0.2, 0) is 0 Å². The molecule has 0 aromatic carbocycles. The second kappa shape index (κ2) is 3.76. The molecular weight excluding hydrogens is 225 g/mol. The number of halogens is 1. The van der Waals surface area contributed by atoms with Gasteiger partial charge in [0.15, 0.2) is 0 Å². The van der Waals surface area contributed by atoms with Crippen molar-refractivity contribution in [2.75, 3.05) is 7.05 Å². The summed E-state index contributed by atoms with van der Waals surface area (Å²) in [4.78, 5) is 0. The molecule has 0 aliphatic heterocycles. The summed E-state index contributed by atoms with van der Waals surface area (Å²) in [6.45, 7) is 0. The third kappa shape index (κ3) is 2.08. The minimum Gasteiger partial charge on any atom is -0.316 e. The summed E-state index contributed by atoms with van der Waals surface area (Å²) in [5.74, 6) is 0. The number of alkyl halides is 1. The molecule has 0 heterocycles. The number of hydrogen-bond acceptors (Lipinski definition) is 1. The second-order valence-corrected chi connectivity index (χ2v) is 4.30. The summed E-state index contributed by atoms with van der Waals surface area (Å²) in [6, 6.07) is 0.791. The van der Waals surface area contributed by atoms with E-state index >= 15 is 0 Å². The molecule has 1 aliphatic carbocycles. The van der Waals surface area contributed by atoms with E-state index in [4.69, 9.17) is 0 Å². The quantitative estimate of drug-likeness (QED) is 0.544. The first-order chi connectivity index (χ1) is 4.34. The van der Waals surface area contributed by atoms with E-state index < -0.39 is 0 Å². The number of rotatable bonds is 1. The molecule has 0 spiro atoms. The van der Waals surface area contributed by atoms with E-state index in [0.717, 1.165) is 9.97 Å². The molecule has 2 unspecified atom stereocenters. The van der Waals surface area contributed by atoms with Crippen molar-refractivity contribution < 1.29 is 0 Å². The molecule has 9 heavy (non-hydrogen) atoms. The molecule has 0 amide bonds. The van der Waals surface area contributed by atoms with Gasteiger partial charge in [-0.1, -0.05) is 35.4 Å². The van der Waals surface area contributed by atoms with Crippen LogP contribution in [0.15, 0.2) is 0 Å². The number of nitrogens with one attached hydrogen (secondary N) is 1. The first-order valence-electron chi connectivity index (χ1n) is 3.66. The van der Waals surface area contributed by atoms with Crippen LogP contribution in [0.3, 0.4) is 0 Å². The maximum atomic E-state index is 3.35. The molecule has 0 radical (unpaired) electrons. The first-order valence-corrected chi connectivity index (χ1v) is 4.90. The van der Waals surface area contributed by atoms with Crippen molar-refractivity contribution in [1.29, 1.82) is 0 Å². The fraction of sp³-hybridized carbons (Fsp3) is 1.00. The summed E-state index contributed by atoms with van der Waals surface area (Å²) in [5, 5.41) is 3.35. The molecule has 1 saturated carbocycles. The highest BCUT2D eigenvalue weighted by Gasteiger charge is 2.19. The van der Waals surface area contributed by atoms with Gasteiger partial charge >= 0.3 is 0 Å². The van der Waals surface area contributed by atoms with E-state index in [-0.39, 0.29) is 0 Å². The topological polar surface area (TPSA) is 12.0 Å². The maximum Gasteiger partial charge on any atom is 0.0263 e. The zero-order chi connectivity index (χ0) is 6.69. The van der Waals surface area contributed by atoms with Gasteiger partial charge < -0.3 is 5.32 Å². The smallest absolute Gasteiger partial charge is 0.0263 e. The summed E-state index contributed by atoms with van der Waals surface area (Å²) in [6.07, 6.45) is 5.65. The van der Waals surface area contributed by atoms with Gasteiger partial charge in [0.1, 0.15) is 0 Å². The predicted octanol–water partition coefficient (Wildman–Crippen LogP) is 1.95. The highest BCUT2D eigenvalue weighted by atomic mass is 127. The molecule has 1 aliphatic rings. The van der Waals surface area contributed by atoms with Crippen molar-refractivity contribution in [3.8, 4) is 0 Å². The summed E-state index contributed by atoms with van der Waals surface area (Å²) in [7, 11) is 2.07. The van der Waals surface area contributed by atoms with Crippen molar-refractivity contribution in [2.45, 2.75) is 35.6 Å².